The zero-order valence-electron chi connectivity index (χ0n) is 13.3. The van der Waals surface area contributed by atoms with E-state index in [0.717, 1.165) is 42.6 Å². The second-order valence-electron chi connectivity index (χ2n) is 6.56. The molecular formula is C17H19N7. The van der Waals surface area contributed by atoms with Crippen LogP contribution < -0.4 is 10.2 Å². The Morgan fingerprint density at radius 2 is 1.88 bits per heavy atom. The molecule has 0 spiro atoms. The van der Waals surface area contributed by atoms with Crippen LogP contribution in [0.5, 0.6) is 0 Å². The van der Waals surface area contributed by atoms with Crippen molar-refractivity contribution in [2.45, 2.75) is 31.2 Å². The molecule has 2 fully saturated rings. The highest BCUT2D eigenvalue weighted by molar-refractivity contribution is 5.64. The largest absolute Gasteiger partial charge is 0.365 e. The van der Waals surface area contributed by atoms with Crippen molar-refractivity contribution in [1.82, 2.24) is 24.3 Å². The average Bonchev–Trinajstić information content (AvgIpc) is 3.17. The maximum atomic E-state index is 4.66. The molecular weight excluding hydrogens is 302 g/mol. The van der Waals surface area contributed by atoms with Gasteiger partial charge in [-0.25, -0.2) is 19.9 Å². The summed E-state index contributed by atoms with van der Waals surface area (Å²) >= 11 is 0. The van der Waals surface area contributed by atoms with Crippen LogP contribution in [0.4, 0.5) is 11.6 Å². The second-order valence-corrected chi connectivity index (χ2v) is 6.56. The molecule has 7 heteroatoms. The van der Waals surface area contributed by atoms with E-state index in [4.69, 9.17) is 0 Å². The van der Waals surface area contributed by atoms with E-state index < -0.39 is 0 Å². The topological polar surface area (TPSA) is 71.2 Å². The van der Waals surface area contributed by atoms with Gasteiger partial charge in [0, 0.05) is 56.0 Å². The Hall–Kier alpha value is -2.70. The number of aromatic nitrogens is 5. The Morgan fingerprint density at radius 1 is 1.00 bits per heavy atom. The molecule has 0 bridgehead atoms. The Kier molecular flexibility index (Phi) is 3.11. The quantitative estimate of drug-likeness (QED) is 0.793. The molecule has 4 heterocycles. The number of rotatable bonds is 4. The number of nitrogens with zero attached hydrogens (tertiary/aromatic N) is 6. The minimum atomic E-state index is 0.365. The second kappa shape index (κ2) is 5.43. The zero-order chi connectivity index (χ0) is 15.9. The summed E-state index contributed by atoms with van der Waals surface area (Å²) in [6.45, 7) is 1.88. The maximum absolute atomic E-state index is 4.66. The predicted molar refractivity (Wildman–Crippen MR) is 91.2 cm³/mol. The Labute approximate surface area is 139 Å². The van der Waals surface area contributed by atoms with Crippen LogP contribution in [0.15, 0.2) is 37.1 Å². The molecule has 24 heavy (non-hydrogen) atoms. The number of nitrogens with one attached hydrogen (secondary N) is 1. The van der Waals surface area contributed by atoms with E-state index in [1.807, 2.05) is 41.5 Å². The van der Waals surface area contributed by atoms with Crippen molar-refractivity contribution < 1.29 is 0 Å². The number of hydrogen-bond acceptors (Lipinski definition) is 6. The first-order valence-corrected chi connectivity index (χ1v) is 8.49. The van der Waals surface area contributed by atoms with Gasteiger partial charge in [-0.05, 0) is 25.3 Å². The highest BCUT2D eigenvalue weighted by atomic mass is 15.3. The molecule has 1 aliphatic carbocycles. The normalized spacial score (nSPS) is 20.7. The first kappa shape index (κ1) is 13.7. The minimum Gasteiger partial charge on any atom is -0.365 e. The van der Waals surface area contributed by atoms with Crippen LogP contribution in [0.25, 0.3) is 5.65 Å². The Morgan fingerprint density at radius 3 is 2.75 bits per heavy atom. The first-order chi connectivity index (χ1) is 11.9. The molecule has 0 radical (unpaired) electrons. The van der Waals surface area contributed by atoms with Crippen molar-refractivity contribution >= 4 is 17.3 Å². The van der Waals surface area contributed by atoms with Gasteiger partial charge in [0.15, 0.2) is 11.5 Å². The molecule has 1 saturated heterocycles. The molecule has 1 saturated carbocycles. The standard InChI is InChI=1S/C17H19N7/c1-2-12(1)15-18-5-3-14(22-15)21-13-4-8-24(11-13)17-16-19-6-9-23(16)10-7-20-17/h3,5-7,9-10,12-13H,1-2,4,8,11H2,(H,18,21,22). The minimum absolute atomic E-state index is 0.365. The van der Waals surface area contributed by atoms with E-state index in [2.05, 4.69) is 30.2 Å². The fraction of sp³-hybridized carbons (Fsp3) is 0.412. The lowest BCUT2D eigenvalue weighted by atomic mass is 10.2. The van der Waals surface area contributed by atoms with Crippen LogP contribution in [0, 0.1) is 0 Å². The third-order valence-electron chi connectivity index (χ3n) is 4.75. The van der Waals surface area contributed by atoms with Gasteiger partial charge in [-0.15, -0.1) is 0 Å². The molecule has 3 aromatic heterocycles. The maximum Gasteiger partial charge on any atom is 0.180 e. The smallest absolute Gasteiger partial charge is 0.180 e. The van der Waals surface area contributed by atoms with Crippen LogP contribution in [-0.2, 0) is 0 Å². The first-order valence-electron chi connectivity index (χ1n) is 8.49. The van der Waals surface area contributed by atoms with Crippen LogP contribution in [0.3, 0.4) is 0 Å². The van der Waals surface area contributed by atoms with E-state index in [9.17, 15) is 0 Å². The fourth-order valence-electron chi connectivity index (χ4n) is 3.34. The Bertz CT molecular complexity index is 870. The predicted octanol–water partition coefficient (Wildman–Crippen LogP) is 2.09. The summed E-state index contributed by atoms with van der Waals surface area (Å²) in [6.07, 6.45) is 12.9. The highest BCUT2D eigenvalue weighted by Crippen LogP contribution is 2.38. The molecule has 0 aromatic carbocycles. The van der Waals surface area contributed by atoms with Gasteiger partial charge < -0.3 is 14.6 Å². The lowest BCUT2D eigenvalue weighted by Crippen LogP contribution is -2.27. The van der Waals surface area contributed by atoms with Crippen LogP contribution in [0.2, 0.25) is 0 Å². The van der Waals surface area contributed by atoms with Crippen molar-refractivity contribution in [1.29, 1.82) is 0 Å². The van der Waals surface area contributed by atoms with Gasteiger partial charge in [-0.1, -0.05) is 0 Å². The molecule has 5 rings (SSSR count). The van der Waals surface area contributed by atoms with Crippen LogP contribution >= 0.6 is 0 Å². The third-order valence-corrected chi connectivity index (χ3v) is 4.75. The summed E-state index contributed by atoms with van der Waals surface area (Å²) < 4.78 is 2.01. The highest BCUT2D eigenvalue weighted by Gasteiger charge is 2.28. The van der Waals surface area contributed by atoms with Gasteiger partial charge in [0.25, 0.3) is 0 Å². The molecule has 1 N–H and O–H groups in total. The summed E-state index contributed by atoms with van der Waals surface area (Å²) in [5.74, 6) is 3.45. The summed E-state index contributed by atoms with van der Waals surface area (Å²) in [6, 6.07) is 2.33. The third kappa shape index (κ3) is 2.46. The molecule has 7 nitrogen and oxygen atoms in total. The average molecular weight is 321 g/mol. The van der Waals surface area contributed by atoms with Gasteiger partial charge >= 0.3 is 0 Å². The number of fused-ring (bicyclic) bond motifs is 1. The van der Waals surface area contributed by atoms with E-state index in [0.29, 0.717) is 12.0 Å². The lowest BCUT2D eigenvalue weighted by molar-refractivity contribution is 0.792. The summed E-state index contributed by atoms with van der Waals surface area (Å²) in [5, 5.41) is 3.56. The molecule has 1 aliphatic heterocycles. The van der Waals surface area contributed by atoms with Crippen molar-refractivity contribution in [3.63, 3.8) is 0 Å². The van der Waals surface area contributed by atoms with Gasteiger partial charge in [-0.2, -0.15) is 0 Å². The van der Waals surface area contributed by atoms with Gasteiger partial charge in [-0.3, -0.25) is 0 Å². The van der Waals surface area contributed by atoms with Crippen LogP contribution in [-0.4, -0.2) is 43.5 Å². The van der Waals surface area contributed by atoms with E-state index in [1.54, 1.807) is 0 Å². The molecule has 1 atom stereocenters. The summed E-state index contributed by atoms with van der Waals surface area (Å²) in [5.41, 5.74) is 0.913. The number of anilines is 2. The van der Waals surface area contributed by atoms with E-state index >= 15 is 0 Å². The molecule has 0 amide bonds. The fourth-order valence-corrected chi connectivity index (χ4v) is 3.34. The molecule has 1 unspecified atom stereocenters. The number of hydrogen-bond donors (Lipinski definition) is 1. The summed E-state index contributed by atoms with van der Waals surface area (Å²) in [4.78, 5) is 20.3. The SMILES string of the molecule is c1cc(NC2CCN(c3nccn4ccnc34)C2)nc(C2CC2)n1. The van der Waals surface area contributed by atoms with Gasteiger partial charge in [0.2, 0.25) is 0 Å². The Balaban J connectivity index is 1.32. The van der Waals surface area contributed by atoms with Crippen molar-refractivity contribution in [2.24, 2.45) is 0 Å². The lowest BCUT2D eigenvalue weighted by Gasteiger charge is -2.18. The van der Waals surface area contributed by atoms with Crippen molar-refractivity contribution in [3.8, 4) is 0 Å². The van der Waals surface area contributed by atoms with Crippen LogP contribution in [0.1, 0.15) is 31.0 Å². The van der Waals surface area contributed by atoms with Crippen molar-refractivity contribution in [2.75, 3.05) is 23.3 Å². The van der Waals surface area contributed by atoms with E-state index in [1.165, 1.54) is 12.8 Å². The zero-order valence-corrected chi connectivity index (χ0v) is 13.3. The number of imidazole rings is 1. The summed E-state index contributed by atoms with van der Waals surface area (Å²) in [7, 11) is 0. The molecule has 3 aromatic rings. The van der Waals surface area contributed by atoms with E-state index in [-0.39, 0.29) is 0 Å². The van der Waals surface area contributed by atoms with Gasteiger partial charge in [0.05, 0.1) is 0 Å². The van der Waals surface area contributed by atoms with Crippen molar-refractivity contribution in [3.05, 3.63) is 42.9 Å². The molecule has 2 aliphatic rings. The monoisotopic (exact) mass is 321 g/mol. The van der Waals surface area contributed by atoms with Gasteiger partial charge in [0.1, 0.15) is 11.6 Å². The molecule has 122 valence electrons.